The van der Waals surface area contributed by atoms with Crippen molar-refractivity contribution in [1.82, 2.24) is 4.72 Å². The van der Waals surface area contributed by atoms with Crippen LogP contribution in [-0.4, -0.2) is 34.4 Å². The normalized spacial score (nSPS) is 13.1. The molecule has 0 saturated heterocycles. The van der Waals surface area contributed by atoms with Crippen LogP contribution >= 0.6 is 0 Å². The summed E-state index contributed by atoms with van der Waals surface area (Å²) in [4.78, 5) is 0. The highest BCUT2D eigenvalue weighted by Gasteiger charge is 2.10. The minimum absolute atomic E-state index is 0.243. The molecule has 0 spiro atoms. The van der Waals surface area contributed by atoms with Crippen LogP contribution in [0.1, 0.15) is 6.92 Å². The molecular formula is C11H17NO4S. The Hall–Kier alpha value is -1.27. The van der Waals surface area contributed by atoms with E-state index < -0.39 is 10.0 Å². The monoisotopic (exact) mass is 259 g/mol. The third kappa shape index (κ3) is 5.06. The van der Waals surface area contributed by atoms with Crippen molar-refractivity contribution in [3.8, 4) is 11.5 Å². The number of benzene rings is 1. The molecule has 0 bridgehead atoms. The summed E-state index contributed by atoms with van der Waals surface area (Å²) in [7, 11) is -1.65. The maximum atomic E-state index is 11.0. The molecule has 17 heavy (non-hydrogen) atoms. The zero-order valence-corrected chi connectivity index (χ0v) is 11.0. The highest BCUT2D eigenvalue weighted by molar-refractivity contribution is 7.88. The van der Waals surface area contributed by atoms with Gasteiger partial charge in [0.1, 0.15) is 6.61 Å². The number of nitrogens with one attached hydrogen (secondary N) is 1. The van der Waals surface area contributed by atoms with E-state index in [1.807, 2.05) is 12.1 Å². The topological polar surface area (TPSA) is 64.6 Å². The van der Waals surface area contributed by atoms with E-state index in [0.29, 0.717) is 11.5 Å². The van der Waals surface area contributed by atoms with Gasteiger partial charge in [0.05, 0.1) is 19.4 Å². The van der Waals surface area contributed by atoms with Gasteiger partial charge < -0.3 is 9.47 Å². The third-order valence-electron chi connectivity index (χ3n) is 1.97. The summed E-state index contributed by atoms with van der Waals surface area (Å²) in [5.41, 5.74) is 0. The minimum atomic E-state index is -3.20. The second kappa shape index (κ2) is 5.88. The fourth-order valence-electron chi connectivity index (χ4n) is 1.35. The largest absolute Gasteiger partial charge is 0.493 e. The second-order valence-electron chi connectivity index (χ2n) is 3.75. The Morgan fingerprint density at radius 1 is 1.29 bits per heavy atom. The van der Waals surface area contributed by atoms with Crippen molar-refractivity contribution in [1.29, 1.82) is 0 Å². The predicted molar refractivity (Wildman–Crippen MR) is 65.9 cm³/mol. The van der Waals surface area contributed by atoms with Crippen LogP contribution in [0, 0.1) is 0 Å². The van der Waals surface area contributed by atoms with E-state index >= 15 is 0 Å². The lowest BCUT2D eigenvalue weighted by Gasteiger charge is -2.15. The molecule has 0 aromatic heterocycles. The van der Waals surface area contributed by atoms with Crippen molar-refractivity contribution in [3.05, 3.63) is 24.3 Å². The molecule has 0 aliphatic rings. The van der Waals surface area contributed by atoms with Gasteiger partial charge in [-0.25, -0.2) is 13.1 Å². The van der Waals surface area contributed by atoms with E-state index in [9.17, 15) is 8.42 Å². The molecule has 96 valence electrons. The van der Waals surface area contributed by atoms with E-state index in [4.69, 9.17) is 9.47 Å². The van der Waals surface area contributed by atoms with Gasteiger partial charge in [0, 0.05) is 0 Å². The number of rotatable bonds is 6. The van der Waals surface area contributed by atoms with Gasteiger partial charge in [0.15, 0.2) is 11.5 Å². The van der Waals surface area contributed by atoms with Gasteiger partial charge in [-0.05, 0) is 19.1 Å². The van der Waals surface area contributed by atoms with E-state index in [1.165, 1.54) is 0 Å². The van der Waals surface area contributed by atoms with Crippen molar-refractivity contribution in [2.45, 2.75) is 13.0 Å². The third-order valence-corrected chi connectivity index (χ3v) is 2.80. The quantitative estimate of drug-likeness (QED) is 0.828. The molecule has 1 N–H and O–H groups in total. The molecule has 0 radical (unpaired) electrons. The molecule has 0 aliphatic carbocycles. The van der Waals surface area contributed by atoms with Crippen LogP contribution in [0.25, 0.3) is 0 Å². The molecule has 0 saturated carbocycles. The molecule has 0 aliphatic heterocycles. The summed E-state index contributed by atoms with van der Waals surface area (Å²) in [5, 5.41) is 0. The van der Waals surface area contributed by atoms with Crippen molar-refractivity contribution < 1.29 is 17.9 Å². The number of sulfonamides is 1. The fourth-order valence-corrected chi connectivity index (χ4v) is 2.15. The van der Waals surface area contributed by atoms with Gasteiger partial charge in [-0.1, -0.05) is 12.1 Å². The summed E-state index contributed by atoms with van der Waals surface area (Å²) >= 11 is 0. The zero-order valence-electron chi connectivity index (χ0n) is 10.1. The first-order chi connectivity index (χ1) is 7.92. The summed E-state index contributed by atoms with van der Waals surface area (Å²) in [6.45, 7) is 1.98. The SMILES string of the molecule is COc1ccccc1OCC(C)NS(C)(=O)=O. The molecule has 1 rings (SSSR count). The molecule has 1 aromatic rings. The van der Waals surface area contributed by atoms with Gasteiger partial charge >= 0.3 is 0 Å². The first-order valence-electron chi connectivity index (χ1n) is 5.15. The number of methoxy groups -OCH3 is 1. The van der Waals surface area contributed by atoms with Gasteiger partial charge in [0.2, 0.25) is 10.0 Å². The lowest BCUT2D eigenvalue weighted by Crippen LogP contribution is -2.35. The van der Waals surface area contributed by atoms with Crippen molar-refractivity contribution in [2.24, 2.45) is 0 Å². The highest BCUT2D eigenvalue weighted by atomic mass is 32.2. The minimum Gasteiger partial charge on any atom is -0.493 e. The van der Waals surface area contributed by atoms with Crippen LogP contribution in [0.3, 0.4) is 0 Å². The van der Waals surface area contributed by atoms with Gasteiger partial charge in [-0.2, -0.15) is 0 Å². The average molecular weight is 259 g/mol. The van der Waals surface area contributed by atoms with Crippen LogP contribution in [0.4, 0.5) is 0 Å². The zero-order chi connectivity index (χ0) is 12.9. The molecule has 0 heterocycles. The maximum Gasteiger partial charge on any atom is 0.209 e. The molecule has 0 fully saturated rings. The van der Waals surface area contributed by atoms with Gasteiger partial charge in [-0.3, -0.25) is 0 Å². The average Bonchev–Trinajstić information content (AvgIpc) is 2.24. The Morgan fingerprint density at radius 3 is 2.41 bits per heavy atom. The van der Waals surface area contributed by atoms with Crippen LogP contribution in [0.5, 0.6) is 11.5 Å². The highest BCUT2D eigenvalue weighted by Crippen LogP contribution is 2.25. The predicted octanol–water partition coefficient (Wildman–Crippen LogP) is 1.01. The number of hydrogen-bond donors (Lipinski definition) is 1. The summed E-state index contributed by atoms with van der Waals surface area (Å²) in [6, 6.07) is 6.92. The van der Waals surface area contributed by atoms with Crippen LogP contribution < -0.4 is 14.2 Å². The lowest BCUT2D eigenvalue weighted by atomic mass is 10.3. The second-order valence-corrected chi connectivity index (χ2v) is 5.53. The Bertz CT molecular complexity index is 458. The van der Waals surface area contributed by atoms with Crippen molar-refractivity contribution in [3.63, 3.8) is 0 Å². The molecule has 6 heteroatoms. The number of para-hydroxylation sites is 2. The summed E-state index contributed by atoms with van der Waals surface area (Å²) < 4.78 is 35.0. The summed E-state index contributed by atoms with van der Waals surface area (Å²) in [5.74, 6) is 1.22. The van der Waals surface area contributed by atoms with E-state index in [2.05, 4.69) is 4.72 Å². The maximum absolute atomic E-state index is 11.0. The van der Waals surface area contributed by atoms with Gasteiger partial charge in [0.25, 0.3) is 0 Å². The van der Waals surface area contributed by atoms with Crippen molar-refractivity contribution >= 4 is 10.0 Å². The smallest absolute Gasteiger partial charge is 0.209 e. The Morgan fingerprint density at radius 2 is 1.88 bits per heavy atom. The van der Waals surface area contributed by atoms with E-state index in [-0.39, 0.29) is 12.6 Å². The van der Waals surface area contributed by atoms with E-state index in [0.717, 1.165) is 6.26 Å². The molecule has 0 amide bonds. The Balaban J connectivity index is 2.55. The van der Waals surface area contributed by atoms with Crippen LogP contribution in [0.2, 0.25) is 0 Å². The molecular weight excluding hydrogens is 242 g/mol. The van der Waals surface area contributed by atoms with Gasteiger partial charge in [-0.15, -0.1) is 0 Å². The molecule has 5 nitrogen and oxygen atoms in total. The first kappa shape index (κ1) is 13.8. The number of ether oxygens (including phenoxy) is 2. The number of hydrogen-bond acceptors (Lipinski definition) is 4. The molecule has 1 unspecified atom stereocenters. The Kier molecular flexibility index (Phi) is 4.77. The standard InChI is InChI=1S/C11H17NO4S/c1-9(12-17(3,13)14)8-16-11-7-5-4-6-10(11)15-2/h4-7,9,12H,8H2,1-3H3. The molecule has 1 aromatic carbocycles. The fraction of sp³-hybridized carbons (Fsp3) is 0.455. The van der Waals surface area contributed by atoms with Crippen LogP contribution in [-0.2, 0) is 10.0 Å². The molecule has 1 atom stereocenters. The van der Waals surface area contributed by atoms with Crippen molar-refractivity contribution in [2.75, 3.05) is 20.0 Å². The van der Waals surface area contributed by atoms with Crippen LogP contribution in [0.15, 0.2) is 24.3 Å². The van der Waals surface area contributed by atoms with E-state index in [1.54, 1.807) is 26.2 Å². The Labute approximate surface area is 102 Å². The lowest BCUT2D eigenvalue weighted by molar-refractivity contribution is 0.271. The summed E-state index contributed by atoms with van der Waals surface area (Å²) in [6.07, 6.45) is 1.12. The first-order valence-corrected chi connectivity index (χ1v) is 7.04.